The van der Waals surface area contributed by atoms with Crippen molar-refractivity contribution in [1.29, 1.82) is 0 Å². The first-order valence-electron chi connectivity index (χ1n) is 19.6. The van der Waals surface area contributed by atoms with Gasteiger partial charge in [-0.1, -0.05) is 176 Å². The molecule has 0 aliphatic heterocycles. The lowest BCUT2D eigenvalue weighted by atomic mass is 9.89. The molecule has 58 heavy (non-hydrogen) atoms. The third-order valence-corrected chi connectivity index (χ3v) is 11.1. The summed E-state index contributed by atoms with van der Waals surface area (Å²) in [6.07, 6.45) is 0. The molecule has 0 aliphatic rings. The monoisotopic (exact) mass is 738 g/mol. The van der Waals surface area contributed by atoms with Gasteiger partial charge in [-0.3, -0.25) is 0 Å². The average Bonchev–Trinajstić information content (AvgIpc) is 3.31. The van der Waals surface area contributed by atoms with Crippen LogP contribution in [0.5, 0.6) is 0 Å². The van der Waals surface area contributed by atoms with Crippen molar-refractivity contribution in [3.8, 4) is 67.7 Å². The second-order valence-electron chi connectivity index (χ2n) is 14.6. The number of aromatic nitrogens is 4. The molecule has 0 spiro atoms. The van der Waals surface area contributed by atoms with E-state index in [2.05, 4.69) is 146 Å². The number of hydrogen-bond donors (Lipinski definition) is 0. The molecule has 270 valence electrons. The summed E-state index contributed by atoms with van der Waals surface area (Å²) in [6, 6.07) is 72.4. The zero-order valence-corrected chi connectivity index (χ0v) is 31.4. The number of benzene rings is 9. The van der Waals surface area contributed by atoms with Crippen molar-refractivity contribution in [2.24, 2.45) is 0 Å². The van der Waals surface area contributed by atoms with E-state index in [0.717, 1.165) is 66.5 Å². The van der Waals surface area contributed by atoms with Crippen molar-refractivity contribution in [3.05, 3.63) is 206 Å². The molecule has 9 aromatic carbocycles. The van der Waals surface area contributed by atoms with Gasteiger partial charge in [0.1, 0.15) is 0 Å². The first-order chi connectivity index (χ1) is 28.7. The maximum absolute atomic E-state index is 5.36. The largest absolute Gasteiger partial charge is 0.247 e. The van der Waals surface area contributed by atoms with Crippen LogP contribution in [0.4, 0.5) is 0 Å². The molecule has 0 saturated heterocycles. The SMILES string of the molecule is c1ccc(-c2nc(-c3ccccc3)nc(-c3cccc(-c4cccc(-c5cc6c(-c7ccc8ccccc8c7)nc7ccccc7c6c6ccccc56)c4)c3)n2)cc1. The van der Waals surface area contributed by atoms with E-state index in [4.69, 9.17) is 19.9 Å². The second-order valence-corrected chi connectivity index (χ2v) is 14.6. The Labute approximate surface area is 335 Å². The van der Waals surface area contributed by atoms with E-state index in [-0.39, 0.29) is 0 Å². The smallest absolute Gasteiger partial charge is 0.164 e. The highest BCUT2D eigenvalue weighted by Gasteiger charge is 2.18. The van der Waals surface area contributed by atoms with Gasteiger partial charge in [-0.25, -0.2) is 19.9 Å². The highest BCUT2D eigenvalue weighted by atomic mass is 15.0. The van der Waals surface area contributed by atoms with Crippen LogP contribution < -0.4 is 0 Å². The molecule has 0 N–H and O–H groups in total. The zero-order valence-electron chi connectivity index (χ0n) is 31.4. The van der Waals surface area contributed by atoms with Gasteiger partial charge in [0.15, 0.2) is 17.5 Å². The normalized spacial score (nSPS) is 11.4. The summed E-state index contributed by atoms with van der Waals surface area (Å²) in [7, 11) is 0. The van der Waals surface area contributed by atoms with Gasteiger partial charge in [0.2, 0.25) is 0 Å². The van der Waals surface area contributed by atoms with Crippen LogP contribution in [0.15, 0.2) is 206 Å². The van der Waals surface area contributed by atoms with Gasteiger partial charge in [-0.05, 0) is 74.1 Å². The fraction of sp³-hybridized carbons (Fsp3) is 0. The van der Waals surface area contributed by atoms with Crippen molar-refractivity contribution in [2.45, 2.75) is 0 Å². The summed E-state index contributed by atoms with van der Waals surface area (Å²) in [5, 5.41) is 8.33. The Bertz CT molecular complexity index is 3280. The van der Waals surface area contributed by atoms with Crippen LogP contribution in [0.2, 0.25) is 0 Å². The van der Waals surface area contributed by atoms with E-state index in [0.29, 0.717) is 17.5 Å². The molecule has 4 heteroatoms. The Morgan fingerprint density at radius 2 is 0.776 bits per heavy atom. The highest BCUT2D eigenvalue weighted by molar-refractivity contribution is 6.25. The molecule has 4 nitrogen and oxygen atoms in total. The number of hydrogen-bond acceptors (Lipinski definition) is 4. The maximum Gasteiger partial charge on any atom is 0.164 e. The van der Waals surface area contributed by atoms with Crippen molar-refractivity contribution >= 4 is 43.2 Å². The minimum atomic E-state index is 0.632. The van der Waals surface area contributed by atoms with Gasteiger partial charge in [0.05, 0.1) is 11.2 Å². The molecule has 0 amide bonds. The zero-order chi connectivity index (χ0) is 38.4. The Hall–Kier alpha value is -7.82. The molecule has 0 bridgehead atoms. The third-order valence-electron chi connectivity index (χ3n) is 11.1. The van der Waals surface area contributed by atoms with Crippen LogP contribution in [0, 0.1) is 0 Å². The molecule has 0 atom stereocenters. The van der Waals surface area contributed by atoms with Crippen molar-refractivity contribution in [3.63, 3.8) is 0 Å². The number of fused-ring (bicyclic) bond motifs is 6. The average molecular weight is 739 g/mol. The number of pyridine rings is 1. The lowest BCUT2D eigenvalue weighted by molar-refractivity contribution is 1.07. The van der Waals surface area contributed by atoms with E-state index in [1.165, 1.54) is 26.9 Å². The van der Waals surface area contributed by atoms with Crippen LogP contribution in [-0.4, -0.2) is 19.9 Å². The van der Waals surface area contributed by atoms with E-state index in [1.807, 2.05) is 60.7 Å². The predicted octanol–water partition coefficient (Wildman–Crippen LogP) is 13.9. The van der Waals surface area contributed by atoms with Gasteiger partial charge in [-0.15, -0.1) is 0 Å². The lowest BCUT2D eigenvalue weighted by Crippen LogP contribution is -2.00. The topological polar surface area (TPSA) is 51.6 Å². The van der Waals surface area contributed by atoms with Crippen molar-refractivity contribution in [1.82, 2.24) is 19.9 Å². The molecule has 2 heterocycles. The van der Waals surface area contributed by atoms with Crippen LogP contribution in [0.3, 0.4) is 0 Å². The third kappa shape index (κ3) is 5.96. The first-order valence-corrected chi connectivity index (χ1v) is 19.6. The van der Waals surface area contributed by atoms with Crippen molar-refractivity contribution < 1.29 is 0 Å². The fourth-order valence-corrected chi connectivity index (χ4v) is 8.25. The summed E-state index contributed by atoms with van der Waals surface area (Å²) >= 11 is 0. The van der Waals surface area contributed by atoms with Gasteiger partial charge < -0.3 is 0 Å². The molecule has 0 radical (unpaired) electrons. The summed E-state index contributed by atoms with van der Waals surface area (Å²) in [5.41, 5.74) is 10.4. The summed E-state index contributed by atoms with van der Waals surface area (Å²) in [4.78, 5) is 20.3. The standard InChI is InChI=1S/C54H34N4/c1-3-16-36(17-4-1)52-56-53(37-18-5-2-6-19-37)58-54(57-52)43-24-14-22-40(33-43)39-21-13-23-41(31-39)47-34-48-50(45-26-10-9-25-44(45)47)46-27-11-12-28-49(46)55-51(48)42-30-29-35-15-7-8-20-38(35)32-42/h1-34H. The summed E-state index contributed by atoms with van der Waals surface area (Å²) in [5.74, 6) is 1.92. The molecule has 11 rings (SSSR count). The first kappa shape index (κ1) is 33.5. The van der Waals surface area contributed by atoms with Crippen LogP contribution in [0.1, 0.15) is 0 Å². The number of rotatable bonds is 6. The molecule has 2 aromatic heterocycles. The molecule has 0 saturated carbocycles. The maximum atomic E-state index is 5.36. The molecule has 11 aromatic rings. The Morgan fingerprint density at radius 1 is 0.259 bits per heavy atom. The van der Waals surface area contributed by atoms with Gasteiger partial charge in [0, 0.05) is 38.4 Å². The number of para-hydroxylation sites is 1. The quantitative estimate of drug-likeness (QED) is 0.159. The van der Waals surface area contributed by atoms with Crippen LogP contribution in [-0.2, 0) is 0 Å². The molecule has 0 aliphatic carbocycles. The second kappa shape index (κ2) is 14.0. The molecule has 0 fully saturated rings. The van der Waals surface area contributed by atoms with Crippen LogP contribution in [0.25, 0.3) is 111 Å². The Kier molecular flexibility index (Phi) is 8.11. The van der Waals surface area contributed by atoms with Gasteiger partial charge in [-0.2, -0.15) is 0 Å². The lowest BCUT2D eigenvalue weighted by Gasteiger charge is -2.17. The molecular formula is C54H34N4. The summed E-state index contributed by atoms with van der Waals surface area (Å²) < 4.78 is 0. The van der Waals surface area contributed by atoms with Gasteiger partial charge >= 0.3 is 0 Å². The van der Waals surface area contributed by atoms with E-state index < -0.39 is 0 Å². The van der Waals surface area contributed by atoms with Gasteiger partial charge in [0.25, 0.3) is 0 Å². The van der Waals surface area contributed by atoms with E-state index in [9.17, 15) is 0 Å². The van der Waals surface area contributed by atoms with E-state index in [1.54, 1.807) is 0 Å². The minimum absolute atomic E-state index is 0.632. The predicted molar refractivity (Wildman–Crippen MR) is 240 cm³/mol. The van der Waals surface area contributed by atoms with E-state index >= 15 is 0 Å². The molecule has 0 unspecified atom stereocenters. The van der Waals surface area contributed by atoms with Crippen LogP contribution >= 0.6 is 0 Å². The number of nitrogens with zero attached hydrogens (tertiary/aromatic N) is 4. The Morgan fingerprint density at radius 3 is 1.48 bits per heavy atom. The fourth-order valence-electron chi connectivity index (χ4n) is 8.25. The molecular weight excluding hydrogens is 705 g/mol. The summed E-state index contributed by atoms with van der Waals surface area (Å²) in [6.45, 7) is 0. The minimum Gasteiger partial charge on any atom is -0.247 e. The highest BCUT2D eigenvalue weighted by Crippen LogP contribution is 2.43. The van der Waals surface area contributed by atoms with Crippen molar-refractivity contribution in [2.75, 3.05) is 0 Å². The Balaban J connectivity index is 1.07.